The van der Waals surface area contributed by atoms with E-state index in [4.69, 9.17) is 4.74 Å². The van der Waals surface area contributed by atoms with E-state index in [9.17, 15) is 8.42 Å². The number of ether oxygens (including phenoxy) is 1. The van der Waals surface area contributed by atoms with Crippen LogP contribution in [0.4, 0.5) is 5.82 Å². The smallest absolute Gasteiger partial charge is 0.213 e. The molecule has 0 bridgehead atoms. The van der Waals surface area contributed by atoms with Gasteiger partial charge in [0.1, 0.15) is 11.6 Å². The lowest BCUT2D eigenvalue weighted by molar-refractivity contribution is 0.415. The summed E-state index contributed by atoms with van der Waals surface area (Å²) in [5, 5.41) is 4.96. The van der Waals surface area contributed by atoms with Gasteiger partial charge in [-0.05, 0) is 36.7 Å². The van der Waals surface area contributed by atoms with Crippen molar-refractivity contribution < 1.29 is 13.2 Å². The van der Waals surface area contributed by atoms with Gasteiger partial charge in [0.15, 0.2) is 0 Å². The zero-order valence-corrected chi connectivity index (χ0v) is 12.2. The topological polar surface area (TPSA) is 80.3 Å². The number of hydrogen-bond donors (Lipinski definition) is 2. The van der Waals surface area contributed by atoms with Crippen LogP contribution >= 0.6 is 0 Å². The van der Waals surface area contributed by atoms with Gasteiger partial charge in [-0.2, -0.15) is 0 Å². The molecule has 7 heteroatoms. The Morgan fingerprint density at radius 2 is 2.10 bits per heavy atom. The molecule has 2 N–H and O–H groups in total. The average Bonchev–Trinajstić information content (AvgIpc) is 2.46. The molecule has 1 aromatic carbocycles. The van der Waals surface area contributed by atoms with Crippen LogP contribution in [0, 0.1) is 0 Å². The predicted molar refractivity (Wildman–Crippen MR) is 79.6 cm³/mol. The van der Waals surface area contributed by atoms with Crippen LogP contribution in [0.15, 0.2) is 30.5 Å². The summed E-state index contributed by atoms with van der Waals surface area (Å²) in [4.78, 5) is 4.24. The van der Waals surface area contributed by atoms with Gasteiger partial charge in [0.25, 0.3) is 0 Å². The van der Waals surface area contributed by atoms with Crippen LogP contribution in [0.1, 0.15) is 0 Å². The number of methoxy groups -OCH3 is 1. The summed E-state index contributed by atoms with van der Waals surface area (Å²) in [7, 11) is -0.198. The number of benzene rings is 1. The molecule has 0 fully saturated rings. The molecule has 0 atom stereocenters. The molecule has 0 unspecified atom stereocenters. The standard InChI is InChI=1S/C13H17N3O3S/c1-14-20(17,18)8-7-16-13-12-4-3-11(19-2)9-10(12)5-6-15-13/h3-6,9,14H,7-8H2,1-2H3,(H,15,16). The van der Waals surface area contributed by atoms with Crippen molar-refractivity contribution in [3.63, 3.8) is 0 Å². The van der Waals surface area contributed by atoms with Gasteiger partial charge in [-0.25, -0.2) is 18.1 Å². The number of rotatable bonds is 6. The van der Waals surface area contributed by atoms with Crippen LogP contribution in [0.3, 0.4) is 0 Å². The van der Waals surface area contributed by atoms with Crippen molar-refractivity contribution in [3.05, 3.63) is 30.5 Å². The monoisotopic (exact) mass is 295 g/mol. The Labute approximate surface area is 118 Å². The number of nitrogens with one attached hydrogen (secondary N) is 2. The summed E-state index contributed by atoms with van der Waals surface area (Å²) < 4.78 is 30.1. The Kier molecular flexibility index (Phi) is 4.41. The highest BCUT2D eigenvalue weighted by molar-refractivity contribution is 7.89. The molecular weight excluding hydrogens is 278 g/mol. The van der Waals surface area contributed by atoms with Crippen molar-refractivity contribution in [2.45, 2.75) is 0 Å². The summed E-state index contributed by atoms with van der Waals surface area (Å²) in [5.74, 6) is 1.43. The maximum Gasteiger partial charge on any atom is 0.213 e. The summed E-state index contributed by atoms with van der Waals surface area (Å²) in [6, 6.07) is 7.54. The molecule has 0 radical (unpaired) electrons. The first-order chi connectivity index (χ1) is 9.55. The highest BCUT2D eigenvalue weighted by Gasteiger charge is 2.08. The fraction of sp³-hybridized carbons (Fsp3) is 0.308. The van der Waals surface area contributed by atoms with Crippen molar-refractivity contribution in [3.8, 4) is 5.75 Å². The quantitative estimate of drug-likeness (QED) is 0.837. The van der Waals surface area contributed by atoms with E-state index >= 15 is 0 Å². The Bertz CT molecular complexity index is 701. The third kappa shape index (κ3) is 3.37. The molecule has 0 amide bonds. The van der Waals surface area contributed by atoms with Crippen molar-refractivity contribution in [2.75, 3.05) is 31.8 Å². The van der Waals surface area contributed by atoms with E-state index in [0.717, 1.165) is 16.5 Å². The van der Waals surface area contributed by atoms with Crippen LogP contribution in [0.2, 0.25) is 0 Å². The summed E-state index contributed by atoms with van der Waals surface area (Å²) in [6.07, 6.45) is 1.68. The molecule has 20 heavy (non-hydrogen) atoms. The molecule has 0 aliphatic heterocycles. The van der Waals surface area contributed by atoms with Gasteiger partial charge in [0, 0.05) is 18.1 Å². The van der Waals surface area contributed by atoms with E-state index in [2.05, 4.69) is 15.0 Å². The number of sulfonamides is 1. The number of hydrogen-bond acceptors (Lipinski definition) is 5. The van der Waals surface area contributed by atoms with E-state index < -0.39 is 10.0 Å². The van der Waals surface area contributed by atoms with Crippen LogP contribution in [-0.4, -0.2) is 39.9 Å². The van der Waals surface area contributed by atoms with Gasteiger partial charge in [0.05, 0.1) is 12.9 Å². The maximum absolute atomic E-state index is 11.3. The van der Waals surface area contributed by atoms with Crippen LogP contribution < -0.4 is 14.8 Å². The second kappa shape index (κ2) is 6.06. The Balaban J connectivity index is 2.18. The van der Waals surface area contributed by atoms with E-state index in [1.807, 2.05) is 24.3 Å². The Morgan fingerprint density at radius 3 is 2.80 bits per heavy atom. The van der Waals surface area contributed by atoms with Gasteiger partial charge in [-0.15, -0.1) is 0 Å². The molecule has 6 nitrogen and oxygen atoms in total. The Hall–Kier alpha value is -1.86. The molecule has 2 aromatic rings. The summed E-state index contributed by atoms with van der Waals surface area (Å²) in [5.41, 5.74) is 0. The third-order valence-corrected chi connectivity index (χ3v) is 4.31. The molecule has 1 aromatic heterocycles. The lowest BCUT2D eigenvalue weighted by atomic mass is 10.1. The molecule has 0 spiro atoms. The van der Waals surface area contributed by atoms with E-state index in [0.29, 0.717) is 12.4 Å². The Morgan fingerprint density at radius 1 is 1.30 bits per heavy atom. The van der Waals surface area contributed by atoms with Gasteiger partial charge in [0.2, 0.25) is 10.0 Å². The highest BCUT2D eigenvalue weighted by Crippen LogP contribution is 2.25. The van der Waals surface area contributed by atoms with Crippen molar-refractivity contribution in [1.29, 1.82) is 0 Å². The lowest BCUT2D eigenvalue weighted by Crippen LogP contribution is -2.26. The minimum Gasteiger partial charge on any atom is -0.497 e. The predicted octanol–water partition coefficient (Wildman–Crippen LogP) is 1.20. The highest BCUT2D eigenvalue weighted by atomic mass is 32.2. The van der Waals surface area contributed by atoms with Gasteiger partial charge < -0.3 is 10.1 Å². The molecule has 0 aliphatic carbocycles. The van der Waals surface area contributed by atoms with Crippen molar-refractivity contribution in [1.82, 2.24) is 9.71 Å². The average molecular weight is 295 g/mol. The molecular formula is C13H17N3O3S. The fourth-order valence-corrected chi connectivity index (χ4v) is 2.40. The summed E-state index contributed by atoms with van der Waals surface area (Å²) >= 11 is 0. The van der Waals surface area contributed by atoms with E-state index in [1.165, 1.54) is 7.05 Å². The first-order valence-corrected chi connectivity index (χ1v) is 7.79. The van der Waals surface area contributed by atoms with Gasteiger partial charge >= 0.3 is 0 Å². The van der Waals surface area contributed by atoms with Crippen LogP contribution in [0.5, 0.6) is 5.75 Å². The van der Waals surface area contributed by atoms with Crippen molar-refractivity contribution in [2.24, 2.45) is 0 Å². The molecule has 0 saturated heterocycles. The van der Waals surface area contributed by atoms with E-state index in [-0.39, 0.29) is 5.75 Å². The third-order valence-electron chi connectivity index (χ3n) is 2.95. The lowest BCUT2D eigenvalue weighted by Gasteiger charge is -2.09. The minimum atomic E-state index is -3.21. The molecule has 0 aliphatic rings. The number of fused-ring (bicyclic) bond motifs is 1. The summed E-state index contributed by atoms with van der Waals surface area (Å²) in [6.45, 7) is 0.293. The number of anilines is 1. The number of pyridine rings is 1. The largest absolute Gasteiger partial charge is 0.497 e. The number of nitrogens with zero attached hydrogens (tertiary/aromatic N) is 1. The molecule has 108 valence electrons. The number of aromatic nitrogens is 1. The molecule has 0 saturated carbocycles. The fourth-order valence-electron chi connectivity index (χ4n) is 1.83. The first kappa shape index (κ1) is 14.5. The molecule has 1 heterocycles. The second-order valence-corrected chi connectivity index (χ2v) is 6.24. The van der Waals surface area contributed by atoms with Crippen LogP contribution in [0.25, 0.3) is 10.8 Å². The van der Waals surface area contributed by atoms with Gasteiger partial charge in [-0.3, -0.25) is 0 Å². The van der Waals surface area contributed by atoms with Gasteiger partial charge in [-0.1, -0.05) is 0 Å². The van der Waals surface area contributed by atoms with Crippen LogP contribution in [-0.2, 0) is 10.0 Å². The second-order valence-electron chi connectivity index (χ2n) is 4.20. The SMILES string of the molecule is CNS(=O)(=O)CCNc1nccc2cc(OC)ccc12. The molecule has 2 rings (SSSR count). The zero-order chi connectivity index (χ0) is 14.6. The van der Waals surface area contributed by atoms with E-state index in [1.54, 1.807) is 13.3 Å². The maximum atomic E-state index is 11.3. The van der Waals surface area contributed by atoms with Crippen molar-refractivity contribution >= 4 is 26.6 Å². The normalized spacial score (nSPS) is 11.5. The minimum absolute atomic E-state index is 0.00226. The zero-order valence-electron chi connectivity index (χ0n) is 11.4. The first-order valence-electron chi connectivity index (χ1n) is 6.13.